The van der Waals surface area contributed by atoms with Crippen LogP contribution in [0.2, 0.25) is 0 Å². The maximum atomic E-state index is 12.2. The van der Waals surface area contributed by atoms with Gasteiger partial charge in [-0.25, -0.2) is 4.79 Å². The summed E-state index contributed by atoms with van der Waals surface area (Å²) in [7, 11) is 0. The normalized spacial score (nSPS) is 18.5. The zero-order valence-corrected chi connectivity index (χ0v) is 19.0. The number of nitrogens with zero attached hydrogens (tertiary/aromatic N) is 5. The summed E-state index contributed by atoms with van der Waals surface area (Å²) in [6.07, 6.45) is 5.72. The number of alkyl carbamates (subject to hydrolysis) is 1. The van der Waals surface area contributed by atoms with Crippen molar-refractivity contribution in [2.24, 2.45) is 5.92 Å². The summed E-state index contributed by atoms with van der Waals surface area (Å²) in [6.45, 7) is 12.0. The fourth-order valence-electron chi connectivity index (χ4n) is 3.74. The number of aryl methyl sites for hydroxylation is 1. The predicted octanol–water partition coefficient (Wildman–Crippen LogP) is 2.45. The third-order valence-electron chi connectivity index (χ3n) is 5.12. The summed E-state index contributed by atoms with van der Waals surface area (Å²) in [4.78, 5) is 18.8. The van der Waals surface area contributed by atoms with Gasteiger partial charge in [-0.1, -0.05) is 6.07 Å². The lowest BCUT2D eigenvalue weighted by molar-refractivity contribution is -0.0403. The van der Waals surface area contributed by atoms with Crippen molar-refractivity contribution in [2.75, 3.05) is 32.8 Å². The summed E-state index contributed by atoms with van der Waals surface area (Å²) >= 11 is 0. The standard InChI is InChI=1S/C22H34N6O3/c1-5-28-16-25-26-20(28)19-15-27(9-10-30-19)14-18(11-17-7-6-8-23-12-17)13-24-21(29)31-22(2,3)4/h6-8,12,16,18-19H,5,9-11,13-15H2,1-4H3,(H,24,29)/t18-,19-/m0/s1. The van der Waals surface area contributed by atoms with E-state index in [2.05, 4.69) is 38.4 Å². The monoisotopic (exact) mass is 430 g/mol. The highest BCUT2D eigenvalue weighted by atomic mass is 16.6. The van der Waals surface area contributed by atoms with Gasteiger partial charge in [-0.05, 0) is 51.7 Å². The Kier molecular flexibility index (Phi) is 7.97. The fraction of sp³-hybridized carbons (Fsp3) is 0.636. The SMILES string of the molecule is CCn1cnnc1[C@@H]1CN(C[C@H](CNC(=O)OC(C)(C)C)Cc2cccnc2)CCO1. The highest BCUT2D eigenvalue weighted by Crippen LogP contribution is 2.22. The number of morpholine rings is 1. The van der Waals surface area contributed by atoms with E-state index < -0.39 is 5.60 Å². The van der Waals surface area contributed by atoms with Gasteiger partial charge < -0.3 is 19.4 Å². The van der Waals surface area contributed by atoms with E-state index in [0.717, 1.165) is 44.0 Å². The van der Waals surface area contributed by atoms with E-state index in [1.165, 1.54) is 0 Å². The van der Waals surface area contributed by atoms with Crippen LogP contribution in [0.5, 0.6) is 0 Å². The number of rotatable bonds is 8. The van der Waals surface area contributed by atoms with E-state index in [9.17, 15) is 4.79 Å². The third kappa shape index (κ3) is 7.29. The largest absolute Gasteiger partial charge is 0.444 e. The van der Waals surface area contributed by atoms with E-state index in [-0.39, 0.29) is 18.1 Å². The predicted molar refractivity (Wildman–Crippen MR) is 116 cm³/mol. The van der Waals surface area contributed by atoms with E-state index >= 15 is 0 Å². The van der Waals surface area contributed by atoms with Gasteiger partial charge in [0.05, 0.1) is 6.61 Å². The second-order valence-corrected chi connectivity index (χ2v) is 8.91. The zero-order chi connectivity index (χ0) is 22.3. The molecular weight excluding hydrogens is 396 g/mol. The van der Waals surface area contributed by atoms with Crippen molar-refractivity contribution in [1.82, 2.24) is 30.0 Å². The first-order valence-corrected chi connectivity index (χ1v) is 10.9. The van der Waals surface area contributed by atoms with Crippen LogP contribution in [0, 0.1) is 5.92 Å². The number of amides is 1. The Hall–Kier alpha value is -2.52. The van der Waals surface area contributed by atoms with Gasteiger partial charge in [0.1, 0.15) is 18.0 Å². The van der Waals surface area contributed by atoms with Crippen LogP contribution in [0.25, 0.3) is 0 Å². The number of ether oxygens (including phenoxy) is 2. The van der Waals surface area contributed by atoms with Crippen LogP contribution >= 0.6 is 0 Å². The van der Waals surface area contributed by atoms with Crippen LogP contribution < -0.4 is 5.32 Å². The second kappa shape index (κ2) is 10.7. The molecule has 2 aromatic heterocycles. The molecule has 1 aliphatic heterocycles. The van der Waals surface area contributed by atoms with Gasteiger partial charge in [-0.2, -0.15) is 0 Å². The molecule has 0 saturated carbocycles. The molecule has 0 aromatic carbocycles. The smallest absolute Gasteiger partial charge is 0.407 e. The van der Waals surface area contributed by atoms with Gasteiger partial charge in [0, 0.05) is 45.1 Å². The van der Waals surface area contributed by atoms with Gasteiger partial charge in [-0.3, -0.25) is 9.88 Å². The van der Waals surface area contributed by atoms with Gasteiger partial charge >= 0.3 is 6.09 Å². The highest BCUT2D eigenvalue weighted by molar-refractivity contribution is 5.67. The minimum atomic E-state index is -0.518. The molecule has 1 N–H and O–H groups in total. The Balaban J connectivity index is 1.63. The molecule has 3 heterocycles. The lowest BCUT2D eigenvalue weighted by atomic mass is 9.99. The Labute approximate surface area is 184 Å². The van der Waals surface area contributed by atoms with Crippen molar-refractivity contribution in [1.29, 1.82) is 0 Å². The maximum Gasteiger partial charge on any atom is 0.407 e. The molecule has 1 saturated heterocycles. The lowest BCUT2D eigenvalue weighted by Crippen LogP contribution is -2.44. The summed E-state index contributed by atoms with van der Waals surface area (Å²) in [6, 6.07) is 4.01. The maximum absolute atomic E-state index is 12.2. The Morgan fingerprint density at radius 2 is 2.26 bits per heavy atom. The molecular formula is C22H34N6O3. The average Bonchev–Trinajstić information content (AvgIpc) is 3.21. The average molecular weight is 431 g/mol. The minimum Gasteiger partial charge on any atom is -0.444 e. The Bertz CT molecular complexity index is 820. The summed E-state index contributed by atoms with van der Waals surface area (Å²) in [5, 5.41) is 11.2. The summed E-state index contributed by atoms with van der Waals surface area (Å²) in [5.74, 6) is 1.07. The molecule has 0 spiro atoms. The van der Waals surface area contributed by atoms with Crippen LogP contribution in [-0.2, 0) is 22.4 Å². The number of aromatic nitrogens is 4. The van der Waals surface area contributed by atoms with Crippen molar-refractivity contribution in [2.45, 2.75) is 52.4 Å². The van der Waals surface area contributed by atoms with Crippen molar-refractivity contribution in [3.05, 3.63) is 42.2 Å². The molecule has 0 radical (unpaired) electrons. The number of hydrogen-bond acceptors (Lipinski definition) is 7. The van der Waals surface area contributed by atoms with E-state index in [4.69, 9.17) is 9.47 Å². The first-order chi connectivity index (χ1) is 14.8. The molecule has 9 nitrogen and oxygen atoms in total. The molecule has 0 bridgehead atoms. The molecule has 1 fully saturated rings. The number of carbonyl (C=O) groups is 1. The Morgan fingerprint density at radius 3 is 2.97 bits per heavy atom. The first kappa shape index (κ1) is 23.1. The molecule has 2 atom stereocenters. The molecule has 0 aliphatic carbocycles. The number of carbonyl (C=O) groups excluding carboxylic acids is 1. The van der Waals surface area contributed by atoms with Gasteiger partial charge in [0.2, 0.25) is 0 Å². The molecule has 170 valence electrons. The third-order valence-corrected chi connectivity index (χ3v) is 5.12. The molecule has 31 heavy (non-hydrogen) atoms. The second-order valence-electron chi connectivity index (χ2n) is 8.91. The quantitative estimate of drug-likeness (QED) is 0.687. The van der Waals surface area contributed by atoms with Crippen LogP contribution in [0.4, 0.5) is 4.79 Å². The highest BCUT2D eigenvalue weighted by Gasteiger charge is 2.28. The molecule has 0 unspecified atom stereocenters. The fourth-order valence-corrected chi connectivity index (χ4v) is 3.74. The number of hydrogen-bond donors (Lipinski definition) is 1. The molecule has 1 amide bonds. The van der Waals surface area contributed by atoms with Crippen LogP contribution in [0.1, 0.15) is 45.2 Å². The molecule has 2 aromatic rings. The Morgan fingerprint density at radius 1 is 1.42 bits per heavy atom. The molecule has 3 rings (SSSR count). The first-order valence-electron chi connectivity index (χ1n) is 10.9. The summed E-state index contributed by atoms with van der Waals surface area (Å²) < 4.78 is 13.4. The van der Waals surface area contributed by atoms with Crippen LogP contribution in [0.3, 0.4) is 0 Å². The topological polar surface area (TPSA) is 94.4 Å². The number of pyridine rings is 1. The van der Waals surface area contributed by atoms with Gasteiger partial charge in [-0.15, -0.1) is 10.2 Å². The van der Waals surface area contributed by atoms with E-state index in [1.807, 2.05) is 37.6 Å². The van der Waals surface area contributed by atoms with Crippen LogP contribution in [-0.4, -0.2) is 69.1 Å². The van der Waals surface area contributed by atoms with Gasteiger partial charge in [0.25, 0.3) is 0 Å². The van der Waals surface area contributed by atoms with E-state index in [0.29, 0.717) is 13.2 Å². The van der Waals surface area contributed by atoms with Crippen molar-refractivity contribution in [3.63, 3.8) is 0 Å². The van der Waals surface area contributed by atoms with Gasteiger partial charge in [0.15, 0.2) is 5.82 Å². The van der Waals surface area contributed by atoms with E-state index in [1.54, 1.807) is 12.5 Å². The number of nitrogens with one attached hydrogen (secondary N) is 1. The minimum absolute atomic E-state index is 0.103. The van der Waals surface area contributed by atoms with Crippen molar-refractivity contribution < 1.29 is 14.3 Å². The molecule has 9 heteroatoms. The summed E-state index contributed by atoms with van der Waals surface area (Å²) in [5.41, 5.74) is 0.629. The van der Waals surface area contributed by atoms with Crippen LogP contribution in [0.15, 0.2) is 30.9 Å². The molecule has 1 aliphatic rings. The zero-order valence-electron chi connectivity index (χ0n) is 19.0. The van der Waals surface area contributed by atoms with Crippen molar-refractivity contribution >= 4 is 6.09 Å². The van der Waals surface area contributed by atoms with Crippen molar-refractivity contribution in [3.8, 4) is 0 Å². The lowest BCUT2D eigenvalue weighted by Gasteiger charge is -2.35.